The van der Waals surface area contributed by atoms with Crippen LogP contribution in [0.15, 0.2) is 46.9 Å². The summed E-state index contributed by atoms with van der Waals surface area (Å²) in [6.45, 7) is 0.0204. The van der Waals surface area contributed by atoms with Gasteiger partial charge in [0.2, 0.25) is 5.91 Å². The zero-order valence-electron chi connectivity index (χ0n) is 10.9. The SMILES string of the molecule is N#Cc1cc(NCC(=O)Nc2ccc(Br)cc2)ccc1F. The van der Waals surface area contributed by atoms with Crippen LogP contribution in [-0.2, 0) is 4.79 Å². The van der Waals surface area contributed by atoms with Crippen LogP contribution in [0.5, 0.6) is 0 Å². The summed E-state index contributed by atoms with van der Waals surface area (Å²) < 4.78 is 14.1. The summed E-state index contributed by atoms with van der Waals surface area (Å²) in [5.41, 5.74) is 1.13. The quantitative estimate of drug-likeness (QED) is 0.889. The van der Waals surface area contributed by atoms with Crippen molar-refractivity contribution in [2.75, 3.05) is 17.2 Å². The fourth-order valence-electron chi connectivity index (χ4n) is 1.64. The Kier molecular flexibility index (Phi) is 4.90. The molecule has 0 spiro atoms. The highest BCUT2D eigenvalue weighted by molar-refractivity contribution is 9.10. The average Bonchev–Trinajstić information content (AvgIpc) is 2.49. The van der Waals surface area contributed by atoms with Gasteiger partial charge in [-0.2, -0.15) is 5.26 Å². The van der Waals surface area contributed by atoms with Gasteiger partial charge in [-0.25, -0.2) is 4.39 Å². The maximum absolute atomic E-state index is 13.2. The molecule has 0 unspecified atom stereocenters. The Morgan fingerprint density at radius 1 is 1.19 bits per heavy atom. The summed E-state index contributed by atoms with van der Waals surface area (Å²) in [5, 5.41) is 14.3. The van der Waals surface area contributed by atoms with Crippen LogP contribution in [0.4, 0.5) is 15.8 Å². The lowest BCUT2D eigenvalue weighted by atomic mass is 10.2. The van der Waals surface area contributed by atoms with E-state index in [1.165, 1.54) is 18.2 Å². The van der Waals surface area contributed by atoms with Crippen molar-refractivity contribution < 1.29 is 9.18 Å². The molecule has 106 valence electrons. The van der Waals surface area contributed by atoms with Crippen LogP contribution in [0.2, 0.25) is 0 Å². The maximum atomic E-state index is 13.2. The van der Waals surface area contributed by atoms with E-state index in [0.717, 1.165) is 4.47 Å². The third kappa shape index (κ3) is 4.29. The normalized spacial score (nSPS) is 9.76. The zero-order valence-corrected chi connectivity index (χ0v) is 12.4. The Balaban J connectivity index is 1.92. The molecule has 0 aliphatic heterocycles. The molecule has 0 aliphatic carbocycles. The summed E-state index contributed by atoms with van der Waals surface area (Å²) in [7, 11) is 0. The first-order valence-electron chi connectivity index (χ1n) is 6.07. The Morgan fingerprint density at radius 2 is 1.86 bits per heavy atom. The van der Waals surface area contributed by atoms with Crippen molar-refractivity contribution in [3.8, 4) is 6.07 Å². The van der Waals surface area contributed by atoms with E-state index < -0.39 is 5.82 Å². The first kappa shape index (κ1) is 15.0. The number of benzene rings is 2. The van der Waals surface area contributed by atoms with Gasteiger partial charge >= 0.3 is 0 Å². The molecule has 0 radical (unpaired) electrons. The van der Waals surface area contributed by atoms with Crippen molar-refractivity contribution in [2.24, 2.45) is 0 Å². The van der Waals surface area contributed by atoms with Gasteiger partial charge in [0.05, 0.1) is 12.1 Å². The Bertz CT molecular complexity index is 695. The second-order valence-corrected chi connectivity index (χ2v) is 5.13. The van der Waals surface area contributed by atoms with E-state index in [1.54, 1.807) is 18.2 Å². The predicted octanol–water partition coefficient (Wildman–Crippen LogP) is 3.51. The van der Waals surface area contributed by atoms with Crippen LogP contribution in [0.3, 0.4) is 0 Å². The average molecular weight is 348 g/mol. The van der Waals surface area contributed by atoms with Crippen LogP contribution in [0.25, 0.3) is 0 Å². The molecule has 0 aromatic heterocycles. The number of nitrogens with one attached hydrogen (secondary N) is 2. The van der Waals surface area contributed by atoms with E-state index in [4.69, 9.17) is 5.26 Å². The number of carbonyl (C=O) groups is 1. The van der Waals surface area contributed by atoms with Gasteiger partial charge in [-0.3, -0.25) is 4.79 Å². The van der Waals surface area contributed by atoms with Gasteiger partial charge in [0.25, 0.3) is 0 Å². The minimum atomic E-state index is -0.581. The first-order chi connectivity index (χ1) is 10.1. The third-order valence-corrected chi connectivity index (χ3v) is 3.20. The molecule has 0 atom stereocenters. The summed E-state index contributed by atoms with van der Waals surface area (Å²) in [6.07, 6.45) is 0. The molecule has 0 saturated heterocycles. The van der Waals surface area contributed by atoms with E-state index in [-0.39, 0.29) is 18.0 Å². The summed E-state index contributed by atoms with van der Waals surface area (Å²) in [4.78, 5) is 11.8. The lowest BCUT2D eigenvalue weighted by molar-refractivity contribution is -0.114. The zero-order chi connectivity index (χ0) is 15.2. The largest absolute Gasteiger partial charge is 0.376 e. The number of hydrogen-bond acceptors (Lipinski definition) is 3. The van der Waals surface area contributed by atoms with Crippen molar-refractivity contribution in [1.82, 2.24) is 0 Å². The molecular formula is C15H11BrFN3O. The second kappa shape index (κ2) is 6.86. The van der Waals surface area contributed by atoms with Crippen molar-refractivity contribution in [3.05, 3.63) is 58.3 Å². The number of rotatable bonds is 4. The van der Waals surface area contributed by atoms with E-state index in [2.05, 4.69) is 26.6 Å². The molecule has 2 aromatic carbocycles. The number of hydrogen-bond donors (Lipinski definition) is 2. The standard InChI is InChI=1S/C15H11BrFN3O/c16-11-1-3-12(4-2-11)20-15(21)9-19-13-5-6-14(17)10(7-13)8-18/h1-7,19H,9H2,(H,20,21). The van der Waals surface area contributed by atoms with Crippen molar-refractivity contribution in [3.63, 3.8) is 0 Å². The van der Waals surface area contributed by atoms with Gasteiger partial charge in [-0.1, -0.05) is 15.9 Å². The Labute approximate surface area is 129 Å². The van der Waals surface area contributed by atoms with Crippen molar-refractivity contribution >= 4 is 33.2 Å². The number of amides is 1. The van der Waals surface area contributed by atoms with Gasteiger partial charge in [0.15, 0.2) is 0 Å². The van der Waals surface area contributed by atoms with Gasteiger partial charge in [-0.05, 0) is 42.5 Å². The smallest absolute Gasteiger partial charge is 0.243 e. The molecule has 0 bridgehead atoms. The fourth-order valence-corrected chi connectivity index (χ4v) is 1.91. The minimum absolute atomic E-state index is 0.0204. The molecule has 2 N–H and O–H groups in total. The number of nitrogens with zero attached hydrogens (tertiary/aromatic N) is 1. The highest BCUT2D eigenvalue weighted by Crippen LogP contribution is 2.15. The number of halogens is 2. The van der Waals surface area contributed by atoms with E-state index >= 15 is 0 Å². The van der Waals surface area contributed by atoms with Gasteiger partial charge in [0.1, 0.15) is 11.9 Å². The monoisotopic (exact) mass is 347 g/mol. The topological polar surface area (TPSA) is 64.9 Å². The summed E-state index contributed by atoms with van der Waals surface area (Å²) >= 11 is 3.31. The van der Waals surface area contributed by atoms with Gasteiger partial charge in [-0.15, -0.1) is 0 Å². The maximum Gasteiger partial charge on any atom is 0.243 e. The van der Waals surface area contributed by atoms with E-state index in [1.807, 2.05) is 12.1 Å². The Hall–Kier alpha value is -2.39. The highest BCUT2D eigenvalue weighted by Gasteiger charge is 2.05. The van der Waals surface area contributed by atoms with Crippen molar-refractivity contribution in [1.29, 1.82) is 5.26 Å². The van der Waals surface area contributed by atoms with Crippen LogP contribution in [-0.4, -0.2) is 12.5 Å². The molecule has 0 fully saturated rings. The van der Waals surface area contributed by atoms with Gasteiger partial charge in [0, 0.05) is 15.8 Å². The fraction of sp³-hybridized carbons (Fsp3) is 0.0667. The molecular weight excluding hydrogens is 337 g/mol. The Morgan fingerprint density at radius 3 is 2.52 bits per heavy atom. The first-order valence-corrected chi connectivity index (χ1v) is 6.87. The second-order valence-electron chi connectivity index (χ2n) is 4.22. The van der Waals surface area contributed by atoms with Crippen LogP contribution in [0, 0.1) is 17.1 Å². The lowest BCUT2D eigenvalue weighted by Gasteiger charge is -2.08. The summed E-state index contributed by atoms with van der Waals surface area (Å²) in [6, 6.07) is 13.0. The van der Waals surface area contributed by atoms with Crippen LogP contribution < -0.4 is 10.6 Å². The molecule has 1 amide bonds. The molecule has 6 heteroatoms. The van der Waals surface area contributed by atoms with Crippen LogP contribution >= 0.6 is 15.9 Å². The highest BCUT2D eigenvalue weighted by atomic mass is 79.9. The van der Waals surface area contributed by atoms with E-state index in [0.29, 0.717) is 11.4 Å². The predicted molar refractivity (Wildman–Crippen MR) is 82.4 cm³/mol. The molecule has 0 saturated carbocycles. The van der Waals surface area contributed by atoms with Crippen LogP contribution in [0.1, 0.15) is 5.56 Å². The third-order valence-electron chi connectivity index (χ3n) is 2.67. The van der Waals surface area contributed by atoms with Gasteiger partial charge < -0.3 is 10.6 Å². The molecule has 0 heterocycles. The minimum Gasteiger partial charge on any atom is -0.376 e. The molecule has 4 nitrogen and oxygen atoms in total. The summed E-state index contributed by atoms with van der Waals surface area (Å²) in [5.74, 6) is -0.817. The van der Waals surface area contributed by atoms with Crippen molar-refractivity contribution in [2.45, 2.75) is 0 Å². The molecule has 2 rings (SSSR count). The number of anilines is 2. The number of carbonyl (C=O) groups excluding carboxylic acids is 1. The molecule has 0 aliphatic rings. The number of nitriles is 1. The molecule has 2 aromatic rings. The lowest BCUT2D eigenvalue weighted by Crippen LogP contribution is -2.21. The molecule has 21 heavy (non-hydrogen) atoms. The van der Waals surface area contributed by atoms with E-state index in [9.17, 15) is 9.18 Å².